The minimum absolute atomic E-state index is 0. The van der Waals surface area contributed by atoms with Crippen molar-refractivity contribution in [3.63, 3.8) is 0 Å². The molecule has 1 unspecified atom stereocenters. The fourth-order valence-corrected chi connectivity index (χ4v) is 2.63. The molecule has 1 rings (SSSR count). The second kappa shape index (κ2) is 7.40. The maximum Gasteiger partial charge on any atom is 0.243 e. The molecule has 0 aromatic heterocycles. The average molecular weight is 362 g/mol. The van der Waals surface area contributed by atoms with Gasteiger partial charge in [-0.1, -0.05) is 15.9 Å². The minimum atomic E-state index is -3.80. The highest BCUT2D eigenvalue weighted by Gasteiger charge is 2.18. The van der Waals surface area contributed by atoms with E-state index in [9.17, 15) is 12.8 Å². The molecule has 4 nitrogen and oxygen atoms in total. The van der Waals surface area contributed by atoms with Crippen LogP contribution in [0.5, 0.6) is 0 Å². The van der Waals surface area contributed by atoms with Gasteiger partial charge in [0.1, 0.15) is 10.7 Å². The molecular formula is C10H15BrClFN2O2S. The molecule has 0 fully saturated rings. The standard InChI is InChI=1S/C10H14BrFN2O2S.ClH/c1-7(13)4-5-14-17(15,16)10-3-2-8(11)6-9(10)12;/h2-3,6-7,14H,4-5,13H2,1H3;1H. The van der Waals surface area contributed by atoms with Gasteiger partial charge in [-0.25, -0.2) is 17.5 Å². The van der Waals surface area contributed by atoms with E-state index in [0.717, 1.165) is 6.07 Å². The van der Waals surface area contributed by atoms with Crippen molar-refractivity contribution < 1.29 is 12.8 Å². The van der Waals surface area contributed by atoms with Crippen molar-refractivity contribution >= 4 is 38.4 Å². The van der Waals surface area contributed by atoms with E-state index in [4.69, 9.17) is 5.73 Å². The zero-order valence-corrected chi connectivity index (χ0v) is 12.9. The molecule has 0 heterocycles. The van der Waals surface area contributed by atoms with Crippen LogP contribution in [0.2, 0.25) is 0 Å². The highest BCUT2D eigenvalue weighted by atomic mass is 79.9. The molecule has 18 heavy (non-hydrogen) atoms. The molecule has 1 aromatic rings. The summed E-state index contributed by atoms with van der Waals surface area (Å²) in [7, 11) is -3.80. The van der Waals surface area contributed by atoms with Gasteiger partial charge in [0.15, 0.2) is 0 Å². The van der Waals surface area contributed by atoms with Crippen LogP contribution in [-0.2, 0) is 10.0 Å². The molecule has 1 atom stereocenters. The molecule has 0 saturated heterocycles. The molecular weight excluding hydrogens is 347 g/mol. The Morgan fingerprint density at radius 2 is 2.11 bits per heavy atom. The van der Waals surface area contributed by atoms with Crippen molar-refractivity contribution in [2.24, 2.45) is 5.73 Å². The van der Waals surface area contributed by atoms with Gasteiger partial charge in [-0.2, -0.15) is 0 Å². The lowest BCUT2D eigenvalue weighted by Crippen LogP contribution is -2.29. The van der Waals surface area contributed by atoms with Crippen LogP contribution in [-0.4, -0.2) is 21.0 Å². The largest absolute Gasteiger partial charge is 0.328 e. The van der Waals surface area contributed by atoms with Gasteiger partial charge in [0.05, 0.1) is 0 Å². The van der Waals surface area contributed by atoms with Crippen LogP contribution in [0.3, 0.4) is 0 Å². The molecule has 8 heteroatoms. The zero-order valence-electron chi connectivity index (χ0n) is 9.69. The summed E-state index contributed by atoms with van der Waals surface area (Å²) in [6.45, 7) is 1.96. The molecule has 0 aliphatic carbocycles. The molecule has 104 valence electrons. The summed E-state index contributed by atoms with van der Waals surface area (Å²) < 4.78 is 39.7. The van der Waals surface area contributed by atoms with Crippen molar-refractivity contribution in [3.8, 4) is 0 Å². The van der Waals surface area contributed by atoms with Gasteiger partial charge in [-0.05, 0) is 31.5 Å². The number of nitrogens with two attached hydrogens (primary N) is 1. The quantitative estimate of drug-likeness (QED) is 0.843. The van der Waals surface area contributed by atoms with E-state index in [2.05, 4.69) is 20.7 Å². The van der Waals surface area contributed by atoms with Gasteiger partial charge < -0.3 is 5.73 Å². The molecule has 0 bridgehead atoms. The maximum absolute atomic E-state index is 13.5. The Kier molecular flexibility index (Phi) is 7.31. The monoisotopic (exact) mass is 360 g/mol. The van der Waals surface area contributed by atoms with Gasteiger partial charge in [-0.3, -0.25) is 0 Å². The first-order valence-corrected chi connectivity index (χ1v) is 7.31. The molecule has 0 aliphatic heterocycles. The van der Waals surface area contributed by atoms with E-state index in [0.29, 0.717) is 10.9 Å². The molecule has 3 N–H and O–H groups in total. The lowest BCUT2D eigenvalue weighted by atomic mass is 10.3. The Morgan fingerprint density at radius 1 is 1.50 bits per heavy atom. The summed E-state index contributed by atoms with van der Waals surface area (Å²) in [4.78, 5) is -0.356. The van der Waals surface area contributed by atoms with E-state index < -0.39 is 15.8 Å². The Bertz CT molecular complexity index is 497. The van der Waals surface area contributed by atoms with Crippen molar-refractivity contribution in [3.05, 3.63) is 28.5 Å². The van der Waals surface area contributed by atoms with Crippen LogP contribution >= 0.6 is 28.3 Å². The second-order valence-corrected chi connectivity index (χ2v) is 6.39. The first-order valence-electron chi connectivity index (χ1n) is 5.03. The summed E-state index contributed by atoms with van der Waals surface area (Å²) in [6, 6.07) is 3.70. The van der Waals surface area contributed by atoms with Crippen LogP contribution < -0.4 is 10.5 Å². The van der Waals surface area contributed by atoms with E-state index in [1.165, 1.54) is 12.1 Å². The SMILES string of the molecule is CC(N)CCNS(=O)(=O)c1ccc(Br)cc1F.Cl. The number of benzene rings is 1. The van der Waals surface area contributed by atoms with Crippen LogP contribution in [0.25, 0.3) is 0 Å². The van der Waals surface area contributed by atoms with Crippen LogP contribution in [0.1, 0.15) is 13.3 Å². The Morgan fingerprint density at radius 3 is 2.61 bits per heavy atom. The highest BCUT2D eigenvalue weighted by molar-refractivity contribution is 9.10. The smallest absolute Gasteiger partial charge is 0.243 e. The van der Waals surface area contributed by atoms with Crippen molar-refractivity contribution in [1.82, 2.24) is 4.72 Å². The Hall–Kier alpha value is -0.210. The third-order valence-electron chi connectivity index (χ3n) is 2.08. The lowest BCUT2D eigenvalue weighted by molar-refractivity contribution is 0.551. The van der Waals surface area contributed by atoms with E-state index >= 15 is 0 Å². The fourth-order valence-electron chi connectivity index (χ4n) is 1.19. The summed E-state index contributed by atoms with van der Waals surface area (Å²) in [5.41, 5.74) is 5.50. The van der Waals surface area contributed by atoms with Crippen molar-refractivity contribution in [1.29, 1.82) is 0 Å². The second-order valence-electron chi connectivity index (χ2n) is 3.74. The molecule has 0 aliphatic rings. The minimum Gasteiger partial charge on any atom is -0.328 e. The fraction of sp³-hybridized carbons (Fsp3) is 0.400. The number of rotatable bonds is 5. The first kappa shape index (κ1) is 17.8. The van der Waals surface area contributed by atoms with Crippen LogP contribution in [0.4, 0.5) is 4.39 Å². The molecule has 0 radical (unpaired) electrons. The number of nitrogens with one attached hydrogen (secondary N) is 1. The summed E-state index contributed by atoms with van der Waals surface area (Å²) in [5.74, 6) is -0.785. The molecule has 0 amide bonds. The topological polar surface area (TPSA) is 72.2 Å². The predicted molar refractivity (Wildman–Crippen MR) is 74.8 cm³/mol. The zero-order chi connectivity index (χ0) is 13.1. The van der Waals surface area contributed by atoms with E-state index in [-0.39, 0.29) is 29.9 Å². The predicted octanol–water partition coefficient (Wildman–Crippen LogP) is 2.03. The molecule has 0 saturated carbocycles. The summed E-state index contributed by atoms with van der Waals surface area (Å²) in [6.07, 6.45) is 0.497. The van der Waals surface area contributed by atoms with Gasteiger partial charge in [-0.15, -0.1) is 12.4 Å². The average Bonchev–Trinajstić information content (AvgIpc) is 2.15. The first-order chi connectivity index (χ1) is 7.83. The summed E-state index contributed by atoms with van der Waals surface area (Å²) >= 11 is 3.06. The third-order valence-corrected chi connectivity index (χ3v) is 4.06. The molecule has 0 spiro atoms. The third kappa shape index (κ3) is 5.19. The van der Waals surface area contributed by atoms with Gasteiger partial charge >= 0.3 is 0 Å². The summed E-state index contributed by atoms with van der Waals surface area (Å²) in [5, 5.41) is 0. The number of hydrogen-bond donors (Lipinski definition) is 2. The number of sulfonamides is 1. The van der Waals surface area contributed by atoms with Crippen LogP contribution in [0, 0.1) is 5.82 Å². The van der Waals surface area contributed by atoms with E-state index in [1.54, 1.807) is 6.92 Å². The van der Waals surface area contributed by atoms with Crippen LogP contribution in [0.15, 0.2) is 27.6 Å². The molecule has 1 aromatic carbocycles. The van der Waals surface area contributed by atoms with E-state index in [1.807, 2.05) is 0 Å². The Labute approximate surface area is 121 Å². The van der Waals surface area contributed by atoms with Crippen molar-refractivity contribution in [2.45, 2.75) is 24.3 Å². The highest BCUT2D eigenvalue weighted by Crippen LogP contribution is 2.19. The van der Waals surface area contributed by atoms with Crippen molar-refractivity contribution in [2.75, 3.05) is 6.54 Å². The number of halogens is 3. The maximum atomic E-state index is 13.5. The van der Waals surface area contributed by atoms with Gasteiger partial charge in [0.25, 0.3) is 0 Å². The lowest BCUT2D eigenvalue weighted by Gasteiger charge is -2.09. The normalized spacial score (nSPS) is 12.9. The number of hydrogen-bond acceptors (Lipinski definition) is 3. The van der Waals surface area contributed by atoms with Gasteiger partial charge in [0, 0.05) is 17.1 Å². The Balaban J connectivity index is 0.00000289. The van der Waals surface area contributed by atoms with Gasteiger partial charge in [0.2, 0.25) is 10.0 Å².